The summed E-state index contributed by atoms with van der Waals surface area (Å²) in [4.78, 5) is 0. The summed E-state index contributed by atoms with van der Waals surface area (Å²) in [5, 5.41) is 5.03. The fraction of sp³-hybridized carbons (Fsp3) is 0.375. The third-order valence-corrected chi connectivity index (χ3v) is 6.66. The maximum absolute atomic E-state index is 11.3. The van der Waals surface area contributed by atoms with Crippen LogP contribution in [0, 0.1) is 0 Å². The molecule has 1 N–H and O–H groups in total. The van der Waals surface area contributed by atoms with Gasteiger partial charge in [-0.2, -0.15) is 0 Å². The predicted octanol–water partition coefficient (Wildman–Crippen LogP) is 6.20. The van der Waals surface area contributed by atoms with E-state index in [1.807, 2.05) is 36.4 Å². The summed E-state index contributed by atoms with van der Waals surface area (Å²) in [6, 6.07) is 13.5. The van der Waals surface area contributed by atoms with Crippen molar-refractivity contribution in [3.8, 4) is 17.0 Å². The highest BCUT2D eigenvalue weighted by Crippen LogP contribution is 2.40. The Bertz CT molecular complexity index is 1180. The standard InChI is InChI=1S/C24H28Cl2N2O4S/c1-5-6-11-31-23-20(25)12-18(13-21(23)26)24(2,3)17-9-7-16(8-10-17)22-14-19(32-28-22)15-27-33(4,29)30/h7-10,12-14,27H,5-6,11,15H2,1-4H3. The molecule has 3 rings (SSSR count). The van der Waals surface area contributed by atoms with Gasteiger partial charge in [0.05, 0.1) is 29.5 Å². The van der Waals surface area contributed by atoms with Crippen molar-refractivity contribution >= 4 is 33.2 Å². The Labute approximate surface area is 205 Å². The number of hydrogen-bond donors (Lipinski definition) is 1. The molecular formula is C24H28Cl2N2O4S. The van der Waals surface area contributed by atoms with Crippen LogP contribution >= 0.6 is 23.2 Å². The van der Waals surface area contributed by atoms with Gasteiger partial charge in [-0.3, -0.25) is 0 Å². The van der Waals surface area contributed by atoms with Gasteiger partial charge in [-0.1, -0.05) is 79.8 Å². The first-order valence-corrected chi connectivity index (χ1v) is 13.3. The summed E-state index contributed by atoms with van der Waals surface area (Å²) >= 11 is 13.0. The molecule has 6 nitrogen and oxygen atoms in total. The van der Waals surface area contributed by atoms with Crippen molar-refractivity contribution in [1.29, 1.82) is 0 Å². The second-order valence-corrected chi connectivity index (χ2v) is 11.1. The Kier molecular flexibility index (Phi) is 8.11. The van der Waals surface area contributed by atoms with Gasteiger partial charge in [-0.15, -0.1) is 0 Å². The smallest absolute Gasteiger partial charge is 0.209 e. The number of sulfonamides is 1. The van der Waals surface area contributed by atoms with Crippen molar-refractivity contribution in [1.82, 2.24) is 9.88 Å². The minimum absolute atomic E-state index is 0.0522. The van der Waals surface area contributed by atoms with Crippen molar-refractivity contribution in [2.75, 3.05) is 12.9 Å². The number of nitrogens with zero attached hydrogens (tertiary/aromatic N) is 1. The minimum Gasteiger partial charge on any atom is -0.490 e. The maximum atomic E-state index is 11.3. The highest BCUT2D eigenvalue weighted by atomic mass is 35.5. The van der Waals surface area contributed by atoms with E-state index in [0.717, 1.165) is 35.8 Å². The van der Waals surface area contributed by atoms with Gasteiger partial charge < -0.3 is 9.26 Å². The van der Waals surface area contributed by atoms with Crippen molar-refractivity contribution in [3.05, 3.63) is 69.4 Å². The highest BCUT2D eigenvalue weighted by molar-refractivity contribution is 7.88. The molecule has 0 atom stereocenters. The van der Waals surface area contributed by atoms with Gasteiger partial charge in [0, 0.05) is 17.0 Å². The fourth-order valence-corrected chi connectivity index (χ4v) is 4.34. The van der Waals surface area contributed by atoms with Crippen LogP contribution in [0.15, 0.2) is 47.0 Å². The van der Waals surface area contributed by atoms with E-state index < -0.39 is 10.0 Å². The third-order valence-electron chi connectivity index (χ3n) is 5.43. The molecule has 33 heavy (non-hydrogen) atoms. The van der Waals surface area contributed by atoms with E-state index in [1.165, 1.54) is 0 Å². The largest absolute Gasteiger partial charge is 0.490 e. The van der Waals surface area contributed by atoms with Crippen molar-refractivity contribution in [3.63, 3.8) is 0 Å². The van der Waals surface area contributed by atoms with Crippen molar-refractivity contribution in [2.45, 2.75) is 45.6 Å². The second kappa shape index (κ2) is 10.5. The van der Waals surface area contributed by atoms with Crippen LogP contribution in [0.2, 0.25) is 10.0 Å². The lowest BCUT2D eigenvalue weighted by Gasteiger charge is -2.27. The first-order chi connectivity index (χ1) is 15.5. The zero-order valence-corrected chi connectivity index (χ0v) is 21.4. The molecule has 3 aromatic rings. The predicted molar refractivity (Wildman–Crippen MR) is 133 cm³/mol. The Morgan fingerprint density at radius 3 is 2.27 bits per heavy atom. The summed E-state index contributed by atoms with van der Waals surface area (Å²) in [5.41, 5.74) is 3.18. The molecule has 0 unspecified atom stereocenters. The van der Waals surface area contributed by atoms with Crippen LogP contribution in [0.3, 0.4) is 0 Å². The SMILES string of the molecule is CCCCOc1c(Cl)cc(C(C)(C)c2ccc(-c3cc(CNS(C)(=O)=O)on3)cc2)cc1Cl. The van der Waals surface area contributed by atoms with E-state index in [4.69, 9.17) is 32.5 Å². The molecular weight excluding hydrogens is 483 g/mol. The average Bonchev–Trinajstić information content (AvgIpc) is 3.23. The van der Waals surface area contributed by atoms with E-state index in [2.05, 4.69) is 30.6 Å². The van der Waals surface area contributed by atoms with Crippen LogP contribution in [0.4, 0.5) is 0 Å². The van der Waals surface area contributed by atoms with Gasteiger partial charge in [0.15, 0.2) is 11.5 Å². The zero-order valence-electron chi connectivity index (χ0n) is 19.1. The van der Waals surface area contributed by atoms with Crippen LogP contribution in [0.25, 0.3) is 11.3 Å². The topological polar surface area (TPSA) is 81.4 Å². The van der Waals surface area contributed by atoms with Crippen molar-refractivity contribution in [2.24, 2.45) is 0 Å². The second-order valence-electron chi connectivity index (χ2n) is 8.45. The lowest BCUT2D eigenvalue weighted by molar-refractivity contribution is 0.309. The fourth-order valence-electron chi connectivity index (χ4n) is 3.34. The Balaban J connectivity index is 1.79. The molecule has 0 aliphatic rings. The molecule has 1 heterocycles. The molecule has 0 saturated carbocycles. The molecule has 0 spiro atoms. The number of aromatic nitrogens is 1. The summed E-state index contributed by atoms with van der Waals surface area (Å²) in [6.45, 7) is 6.94. The first-order valence-electron chi connectivity index (χ1n) is 10.6. The number of nitrogens with one attached hydrogen (secondary N) is 1. The highest BCUT2D eigenvalue weighted by Gasteiger charge is 2.26. The molecule has 0 saturated heterocycles. The van der Waals surface area contributed by atoms with Crippen LogP contribution in [-0.4, -0.2) is 26.4 Å². The van der Waals surface area contributed by atoms with E-state index in [-0.39, 0.29) is 12.0 Å². The molecule has 2 aromatic carbocycles. The van der Waals surface area contributed by atoms with Gasteiger partial charge in [0.1, 0.15) is 5.69 Å². The molecule has 178 valence electrons. The Morgan fingerprint density at radius 1 is 1.06 bits per heavy atom. The van der Waals surface area contributed by atoms with Gasteiger partial charge in [0.2, 0.25) is 10.0 Å². The Morgan fingerprint density at radius 2 is 1.70 bits per heavy atom. The van der Waals surface area contributed by atoms with Gasteiger partial charge >= 0.3 is 0 Å². The number of benzene rings is 2. The first kappa shape index (κ1) is 25.6. The molecule has 0 aliphatic carbocycles. The van der Waals surface area contributed by atoms with Gasteiger partial charge in [0.25, 0.3) is 0 Å². The summed E-state index contributed by atoms with van der Waals surface area (Å²) < 4.78 is 35.9. The number of halogens is 2. The van der Waals surface area contributed by atoms with Crippen LogP contribution in [-0.2, 0) is 22.0 Å². The number of ether oxygens (including phenoxy) is 1. The molecule has 0 radical (unpaired) electrons. The number of unbranched alkanes of at least 4 members (excludes halogenated alkanes) is 1. The third kappa shape index (κ3) is 6.51. The number of rotatable bonds is 10. The van der Waals surface area contributed by atoms with Crippen LogP contribution in [0.1, 0.15) is 50.5 Å². The monoisotopic (exact) mass is 510 g/mol. The molecule has 0 amide bonds. The van der Waals surface area contributed by atoms with Gasteiger partial charge in [-0.25, -0.2) is 13.1 Å². The lowest BCUT2D eigenvalue weighted by atomic mass is 9.78. The zero-order chi connectivity index (χ0) is 24.2. The van der Waals surface area contributed by atoms with Crippen LogP contribution in [0.5, 0.6) is 5.75 Å². The summed E-state index contributed by atoms with van der Waals surface area (Å²) in [5.74, 6) is 0.958. The van der Waals surface area contributed by atoms with E-state index in [1.54, 1.807) is 6.07 Å². The molecule has 1 aromatic heterocycles. The molecule has 0 fully saturated rings. The molecule has 9 heteroatoms. The lowest BCUT2D eigenvalue weighted by Crippen LogP contribution is -2.20. The minimum atomic E-state index is -3.31. The average molecular weight is 511 g/mol. The van der Waals surface area contributed by atoms with Gasteiger partial charge in [-0.05, 0) is 29.7 Å². The van der Waals surface area contributed by atoms with E-state index in [0.29, 0.717) is 33.9 Å². The molecule has 0 bridgehead atoms. The Hall–Kier alpha value is -2.06. The quantitative estimate of drug-likeness (QED) is 0.328. The van der Waals surface area contributed by atoms with E-state index in [9.17, 15) is 8.42 Å². The normalized spacial score (nSPS) is 12.2. The summed E-state index contributed by atoms with van der Waals surface area (Å²) in [6.07, 6.45) is 3.06. The van der Waals surface area contributed by atoms with Crippen molar-refractivity contribution < 1.29 is 17.7 Å². The van der Waals surface area contributed by atoms with Crippen LogP contribution < -0.4 is 9.46 Å². The maximum Gasteiger partial charge on any atom is 0.209 e. The summed E-state index contributed by atoms with van der Waals surface area (Å²) in [7, 11) is -3.31. The molecule has 0 aliphatic heterocycles. The van der Waals surface area contributed by atoms with E-state index >= 15 is 0 Å². The number of hydrogen-bond acceptors (Lipinski definition) is 5.